The molecular formula is C7H3N3O2. The van der Waals surface area contributed by atoms with Gasteiger partial charge in [-0.25, -0.2) is 9.78 Å². The molecule has 0 amide bonds. The number of pyridine rings is 1. The third kappa shape index (κ3) is 0.980. The average Bonchev–Trinajstić information content (AvgIpc) is 2.47. The molecule has 2 aromatic rings. The summed E-state index contributed by atoms with van der Waals surface area (Å²) in [6.45, 7) is 0. The molecule has 2 heterocycles. The van der Waals surface area contributed by atoms with Crippen LogP contribution in [0.3, 0.4) is 0 Å². The van der Waals surface area contributed by atoms with Gasteiger partial charge in [0.15, 0.2) is 0 Å². The summed E-state index contributed by atoms with van der Waals surface area (Å²) in [6.07, 6.45) is 2.91. The van der Waals surface area contributed by atoms with Crippen molar-refractivity contribution in [1.82, 2.24) is 9.97 Å². The van der Waals surface area contributed by atoms with Gasteiger partial charge in [-0.2, -0.15) is 4.98 Å². The number of hydrogen-bond donors (Lipinski definition) is 0. The largest absolute Gasteiger partial charge is 0.402 e. The lowest BCUT2D eigenvalue weighted by atomic mass is 10.5. The molecule has 12 heavy (non-hydrogen) atoms. The molecule has 58 valence electrons. The smallest absolute Gasteiger partial charge is 0.335 e. The maximum absolute atomic E-state index is 9.84. The minimum absolute atomic E-state index is 0.0151. The maximum Gasteiger partial charge on any atom is 0.335 e. The first kappa shape index (κ1) is 6.69. The Morgan fingerprint density at radius 3 is 3.25 bits per heavy atom. The Kier molecular flexibility index (Phi) is 1.43. The van der Waals surface area contributed by atoms with Crippen LogP contribution < -0.4 is 0 Å². The molecule has 0 saturated carbocycles. The van der Waals surface area contributed by atoms with Crippen molar-refractivity contribution in [1.29, 1.82) is 0 Å². The molecule has 0 N–H and O–H groups in total. The van der Waals surface area contributed by atoms with Gasteiger partial charge < -0.3 is 4.42 Å². The molecule has 0 radical (unpaired) electrons. The predicted molar refractivity (Wildman–Crippen MR) is 39.6 cm³/mol. The average molecular weight is 161 g/mol. The van der Waals surface area contributed by atoms with Gasteiger partial charge in [0.25, 0.3) is 0 Å². The first-order valence-electron chi connectivity index (χ1n) is 3.19. The molecule has 2 rings (SSSR count). The van der Waals surface area contributed by atoms with Gasteiger partial charge in [0.2, 0.25) is 11.8 Å². The van der Waals surface area contributed by atoms with E-state index in [0.717, 1.165) is 0 Å². The number of aromatic nitrogens is 2. The Balaban J connectivity index is 2.69. The fourth-order valence-corrected chi connectivity index (χ4v) is 0.845. The summed E-state index contributed by atoms with van der Waals surface area (Å²) < 4.78 is 4.96. The fourth-order valence-electron chi connectivity index (χ4n) is 0.845. The van der Waals surface area contributed by atoms with E-state index in [1.807, 2.05) is 0 Å². The quantitative estimate of drug-likeness (QED) is 0.465. The summed E-state index contributed by atoms with van der Waals surface area (Å²) >= 11 is 0. The van der Waals surface area contributed by atoms with Crippen molar-refractivity contribution in [3.63, 3.8) is 0 Å². The number of rotatable bonds is 1. The molecule has 0 aliphatic heterocycles. The van der Waals surface area contributed by atoms with Gasteiger partial charge in [-0.1, -0.05) is 0 Å². The number of fused-ring (bicyclic) bond motifs is 1. The molecule has 0 spiro atoms. The zero-order valence-electron chi connectivity index (χ0n) is 5.89. The van der Waals surface area contributed by atoms with E-state index in [4.69, 9.17) is 4.42 Å². The first-order valence-corrected chi connectivity index (χ1v) is 3.19. The second-order valence-electron chi connectivity index (χ2n) is 2.03. The molecule has 0 saturated heterocycles. The zero-order chi connectivity index (χ0) is 8.39. The highest BCUT2D eigenvalue weighted by molar-refractivity contribution is 5.69. The van der Waals surface area contributed by atoms with Crippen molar-refractivity contribution in [2.24, 2.45) is 4.99 Å². The van der Waals surface area contributed by atoms with E-state index in [9.17, 15) is 4.79 Å². The summed E-state index contributed by atoms with van der Waals surface area (Å²) in [7, 11) is 0. The van der Waals surface area contributed by atoms with Crippen LogP contribution in [0.4, 0.5) is 6.01 Å². The normalized spacial score (nSPS) is 9.67. The van der Waals surface area contributed by atoms with Crippen molar-refractivity contribution >= 4 is 23.3 Å². The van der Waals surface area contributed by atoms with Gasteiger partial charge in [-0.3, -0.25) is 0 Å². The van der Waals surface area contributed by atoms with Gasteiger partial charge in [0.1, 0.15) is 5.52 Å². The molecule has 5 nitrogen and oxygen atoms in total. The molecule has 0 aliphatic rings. The second kappa shape index (κ2) is 2.56. The van der Waals surface area contributed by atoms with Crippen LogP contribution in [-0.4, -0.2) is 16.0 Å². The van der Waals surface area contributed by atoms with Gasteiger partial charge >= 0.3 is 6.01 Å². The van der Waals surface area contributed by atoms with E-state index >= 15 is 0 Å². The SMILES string of the molecule is O=C=Nc1nc2cccnc2o1. The molecule has 2 aromatic heterocycles. The van der Waals surface area contributed by atoms with Gasteiger partial charge in [0, 0.05) is 6.20 Å². The minimum atomic E-state index is -0.0151. The Morgan fingerprint density at radius 1 is 1.58 bits per heavy atom. The lowest BCUT2D eigenvalue weighted by Crippen LogP contribution is -1.69. The number of nitrogens with zero attached hydrogens (tertiary/aromatic N) is 3. The molecular weight excluding hydrogens is 158 g/mol. The number of oxazole rings is 1. The van der Waals surface area contributed by atoms with E-state index in [2.05, 4.69) is 15.0 Å². The number of carbonyl (C=O) groups excluding carboxylic acids is 1. The van der Waals surface area contributed by atoms with Crippen molar-refractivity contribution in [2.75, 3.05) is 0 Å². The van der Waals surface area contributed by atoms with Crippen LogP contribution in [0.15, 0.2) is 27.7 Å². The highest BCUT2D eigenvalue weighted by Crippen LogP contribution is 2.17. The fraction of sp³-hybridized carbons (Fsp3) is 0. The van der Waals surface area contributed by atoms with Gasteiger partial charge in [-0.15, -0.1) is 4.99 Å². The Labute approximate surface area is 66.8 Å². The lowest BCUT2D eigenvalue weighted by Gasteiger charge is -1.78. The van der Waals surface area contributed by atoms with Gasteiger partial charge in [0.05, 0.1) is 0 Å². The van der Waals surface area contributed by atoms with Crippen molar-refractivity contribution < 1.29 is 9.21 Å². The van der Waals surface area contributed by atoms with E-state index in [0.29, 0.717) is 11.2 Å². The Morgan fingerprint density at radius 2 is 2.50 bits per heavy atom. The van der Waals surface area contributed by atoms with Crippen LogP contribution in [0.5, 0.6) is 0 Å². The van der Waals surface area contributed by atoms with E-state index in [1.165, 1.54) is 6.08 Å². The van der Waals surface area contributed by atoms with Crippen LogP contribution in [0.1, 0.15) is 0 Å². The van der Waals surface area contributed by atoms with Crippen molar-refractivity contribution in [2.45, 2.75) is 0 Å². The molecule has 0 fully saturated rings. The summed E-state index contributed by atoms with van der Waals surface area (Å²) in [5.74, 6) is 0. The molecule has 0 atom stereocenters. The van der Waals surface area contributed by atoms with Crippen molar-refractivity contribution in [3.05, 3.63) is 18.3 Å². The first-order chi connectivity index (χ1) is 5.90. The molecule has 0 aromatic carbocycles. The van der Waals surface area contributed by atoms with E-state index in [1.54, 1.807) is 18.3 Å². The number of aliphatic imine (C=N–C) groups is 1. The third-order valence-electron chi connectivity index (χ3n) is 1.30. The summed E-state index contributed by atoms with van der Waals surface area (Å²) in [6, 6.07) is 3.42. The third-order valence-corrected chi connectivity index (χ3v) is 1.30. The summed E-state index contributed by atoms with van der Waals surface area (Å²) in [5.41, 5.74) is 0.943. The summed E-state index contributed by atoms with van der Waals surface area (Å²) in [4.78, 5) is 20.8. The van der Waals surface area contributed by atoms with Crippen LogP contribution in [0, 0.1) is 0 Å². The highest BCUT2D eigenvalue weighted by Gasteiger charge is 2.02. The minimum Gasteiger partial charge on any atom is -0.402 e. The van der Waals surface area contributed by atoms with E-state index in [-0.39, 0.29) is 6.01 Å². The van der Waals surface area contributed by atoms with Crippen molar-refractivity contribution in [3.8, 4) is 0 Å². The maximum atomic E-state index is 9.84. The number of isocyanates is 1. The Hall–Kier alpha value is -2.00. The van der Waals surface area contributed by atoms with Gasteiger partial charge in [-0.05, 0) is 12.1 Å². The predicted octanol–water partition coefficient (Wildman–Crippen LogP) is 1.19. The standard InChI is InChI=1S/C7H3N3O2/c11-4-9-7-10-5-2-1-3-8-6(5)12-7/h1-3H. The zero-order valence-corrected chi connectivity index (χ0v) is 5.89. The van der Waals surface area contributed by atoms with E-state index < -0.39 is 0 Å². The van der Waals surface area contributed by atoms with Crippen LogP contribution in [0.25, 0.3) is 11.2 Å². The summed E-state index contributed by atoms with van der Waals surface area (Å²) in [5, 5.41) is 0. The lowest BCUT2D eigenvalue weighted by molar-refractivity contribution is 0.559. The molecule has 5 heteroatoms. The molecule has 0 bridgehead atoms. The van der Waals surface area contributed by atoms with Crippen LogP contribution in [-0.2, 0) is 4.79 Å². The highest BCUT2D eigenvalue weighted by atomic mass is 16.4. The second-order valence-corrected chi connectivity index (χ2v) is 2.03. The van der Waals surface area contributed by atoms with Crippen LogP contribution in [0.2, 0.25) is 0 Å². The topological polar surface area (TPSA) is 68.3 Å². The van der Waals surface area contributed by atoms with Crippen LogP contribution >= 0.6 is 0 Å². The Bertz CT molecular complexity index is 423. The molecule has 0 aliphatic carbocycles. The number of hydrogen-bond acceptors (Lipinski definition) is 5. The monoisotopic (exact) mass is 161 g/mol. The molecule has 0 unspecified atom stereocenters.